The summed E-state index contributed by atoms with van der Waals surface area (Å²) >= 11 is 5.38. The second-order valence-electron chi connectivity index (χ2n) is 7.92. The van der Waals surface area contributed by atoms with Crippen LogP contribution in [0.3, 0.4) is 0 Å². The van der Waals surface area contributed by atoms with Crippen LogP contribution < -0.4 is 10.6 Å². The van der Waals surface area contributed by atoms with E-state index in [1.807, 2.05) is 68.4 Å². The van der Waals surface area contributed by atoms with Gasteiger partial charge in [-0.3, -0.25) is 10.1 Å². The van der Waals surface area contributed by atoms with Crippen molar-refractivity contribution in [2.45, 2.75) is 13.8 Å². The molecule has 0 radical (unpaired) electrons. The summed E-state index contributed by atoms with van der Waals surface area (Å²) in [7, 11) is 0. The third kappa shape index (κ3) is 4.18. The topological polar surface area (TPSA) is 71.8 Å². The first-order chi connectivity index (χ1) is 16.0. The largest absolute Gasteiger partial charge is 0.332 e. The smallest absolute Gasteiger partial charge is 0.257 e. The summed E-state index contributed by atoms with van der Waals surface area (Å²) in [6, 6.07) is 25.4. The minimum absolute atomic E-state index is 0.227. The molecular weight excluding hydrogens is 430 g/mol. The molecule has 4 aromatic carbocycles. The molecular formula is C26H21N5OS. The van der Waals surface area contributed by atoms with Crippen LogP contribution in [0.25, 0.3) is 27.5 Å². The van der Waals surface area contributed by atoms with Gasteiger partial charge in [0.15, 0.2) is 5.11 Å². The van der Waals surface area contributed by atoms with E-state index in [0.717, 1.165) is 44.3 Å². The van der Waals surface area contributed by atoms with Crippen LogP contribution in [0.2, 0.25) is 0 Å². The molecule has 0 aliphatic carbocycles. The molecule has 0 aliphatic rings. The minimum atomic E-state index is -0.253. The van der Waals surface area contributed by atoms with E-state index in [0.29, 0.717) is 5.56 Å². The van der Waals surface area contributed by atoms with Crippen molar-refractivity contribution in [2.24, 2.45) is 0 Å². The predicted octanol–water partition coefficient (Wildman–Crippen LogP) is 5.32. The van der Waals surface area contributed by atoms with Gasteiger partial charge in [0.05, 0.1) is 5.69 Å². The van der Waals surface area contributed by atoms with Crippen molar-refractivity contribution >= 4 is 50.7 Å². The molecule has 162 valence electrons. The SMILES string of the molecule is Cc1cccc(C(=O)NC(=S)Nc2cc3nn(-c4cccc5ccccc45)nc3cc2C)c1. The molecule has 5 rings (SSSR count). The zero-order valence-corrected chi connectivity index (χ0v) is 19.0. The van der Waals surface area contributed by atoms with Crippen molar-refractivity contribution in [2.75, 3.05) is 5.32 Å². The Bertz CT molecular complexity index is 1530. The molecule has 5 aromatic rings. The summed E-state index contributed by atoms with van der Waals surface area (Å²) in [5.74, 6) is -0.253. The Labute approximate surface area is 196 Å². The Hall–Kier alpha value is -4.10. The lowest BCUT2D eigenvalue weighted by Gasteiger charge is -2.12. The number of hydrogen-bond donors (Lipinski definition) is 2. The van der Waals surface area contributed by atoms with Crippen LogP contribution in [0.4, 0.5) is 5.69 Å². The van der Waals surface area contributed by atoms with Crippen LogP contribution in [-0.2, 0) is 0 Å². The van der Waals surface area contributed by atoms with Gasteiger partial charge in [-0.2, -0.15) is 0 Å². The molecule has 33 heavy (non-hydrogen) atoms. The summed E-state index contributed by atoms with van der Waals surface area (Å²) in [5.41, 5.74) is 5.70. The van der Waals surface area contributed by atoms with Crippen LogP contribution in [0.5, 0.6) is 0 Å². The average molecular weight is 452 g/mol. The highest BCUT2D eigenvalue weighted by Gasteiger charge is 2.13. The maximum Gasteiger partial charge on any atom is 0.257 e. The summed E-state index contributed by atoms with van der Waals surface area (Å²) in [6.07, 6.45) is 0. The minimum Gasteiger partial charge on any atom is -0.332 e. The maximum atomic E-state index is 12.5. The van der Waals surface area contributed by atoms with E-state index in [2.05, 4.69) is 33.9 Å². The van der Waals surface area contributed by atoms with Gasteiger partial charge in [0.1, 0.15) is 11.0 Å². The van der Waals surface area contributed by atoms with Crippen molar-refractivity contribution in [3.63, 3.8) is 0 Å². The first-order valence-electron chi connectivity index (χ1n) is 10.5. The van der Waals surface area contributed by atoms with E-state index in [1.165, 1.54) is 0 Å². The van der Waals surface area contributed by atoms with Gasteiger partial charge < -0.3 is 5.32 Å². The highest BCUT2D eigenvalue weighted by atomic mass is 32.1. The number of benzene rings is 4. The van der Waals surface area contributed by atoms with E-state index in [1.54, 1.807) is 10.9 Å². The van der Waals surface area contributed by atoms with Gasteiger partial charge in [0.25, 0.3) is 5.91 Å². The lowest BCUT2D eigenvalue weighted by atomic mass is 10.1. The first kappa shape index (κ1) is 20.8. The van der Waals surface area contributed by atoms with Crippen molar-refractivity contribution < 1.29 is 4.79 Å². The maximum absolute atomic E-state index is 12.5. The fourth-order valence-electron chi connectivity index (χ4n) is 3.81. The lowest BCUT2D eigenvalue weighted by molar-refractivity contribution is 0.0977. The van der Waals surface area contributed by atoms with Gasteiger partial charge in [-0.1, -0.05) is 54.1 Å². The third-order valence-corrected chi connectivity index (χ3v) is 5.67. The third-order valence-electron chi connectivity index (χ3n) is 5.46. The predicted molar refractivity (Wildman–Crippen MR) is 136 cm³/mol. The summed E-state index contributed by atoms with van der Waals surface area (Å²) in [5, 5.41) is 17.7. The van der Waals surface area contributed by atoms with Crippen molar-refractivity contribution in [3.8, 4) is 5.69 Å². The number of aryl methyl sites for hydroxylation is 2. The molecule has 0 unspecified atom stereocenters. The van der Waals surface area contributed by atoms with Gasteiger partial charge in [-0.25, -0.2) is 0 Å². The molecule has 0 aliphatic heterocycles. The number of nitrogens with one attached hydrogen (secondary N) is 2. The zero-order valence-electron chi connectivity index (χ0n) is 18.2. The van der Waals surface area contributed by atoms with E-state index < -0.39 is 0 Å². The standard InChI is InChI=1S/C26H21N5OS/c1-16-7-5-10-19(13-16)25(32)28-26(33)27-21-15-23-22(14-17(21)2)29-31(30-23)24-12-6-9-18-8-3-4-11-20(18)24/h3-15H,1-2H3,(H2,27,28,32,33). The number of rotatable bonds is 3. The van der Waals surface area contributed by atoms with Crippen LogP contribution in [0.15, 0.2) is 78.9 Å². The highest BCUT2D eigenvalue weighted by molar-refractivity contribution is 7.80. The van der Waals surface area contributed by atoms with E-state index in [4.69, 9.17) is 17.3 Å². The number of amides is 1. The number of thiocarbonyl (C=S) groups is 1. The normalized spacial score (nSPS) is 11.0. The quantitative estimate of drug-likeness (QED) is 0.364. The second kappa shape index (κ2) is 8.44. The fraction of sp³-hybridized carbons (Fsp3) is 0.0769. The molecule has 0 atom stereocenters. The van der Waals surface area contributed by atoms with E-state index >= 15 is 0 Å². The molecule has 0 fully saturated rings. The van der Waals surface area contributed by atoms with Gasteiger partial charge in [0, 0.05) is 16.6 Å². The number of carbonyl (C=O) groups excluding carboxylic acids is 1. The monoisotopic (exact) mass is 451 g/mol. The van der Waals surface area contributed by atoms with Crippen molar-refractivity contribution in [3.05, 3.63) is 95.6 Å². The number of anilines is 1. The highest BCUT2D eigenvalue weighted by Crippen LogP contribution is 2.25. The molecule has 0 saturated heterocycles. The Morgan fingerprint density at radius 3 is 2.42 bits per heavy atom. The summed E-state index contributed by atoms with van der Waals surface area (Å²) in [6.45, 7) is 3.90. The average Bonchev–Trinajstić information content (AvgIpc) is 3.21. The molecule has 0 bridgehead atoms. The van der Waals surface area contributed by atoms with Crippen LogP contribution >= 0.6 is 12.2 Å². The van der Waals surface area contributed by atoms with Crippen LogP contribution in [-0.4, -0.2) is 26.0 Å². The fourth-order valence-corrected chi connectivity index (χ4v) is 4.01. The molecule has 6 nitrogen and oxygen atoms in total. The number of fused-ring (bicyclic) bond motifs is 2. The Morgan fingerprint density at radius 1 is 0.879 bits per heavy atom. The molecule has 1 aromatic heterocycles. The number of aromatic nitrogens is 3. The van der Waals surface area contributed by atoms with Crippen molar-refractivity contribution in [1.82, 2.24) is 20.3 Å². The Kier molecular flexibility index (Phi) is 5.32. The molecule has 0 saturated carbocycles. The van der Waals surface area contributed by atoms with E-state index in [-0.39, 0.29) is 11.0 Å². The van der Waals surface area contributed by atoms with Crippen LogP contribution in [0, 0.1) is 13.8 Å². The lowest BCUT2D eigenvalue weighted by Crippen LogP contribution is -2.34. The molecule has 1 heterocycles. The number of carbonyl (C=O) groups is 1. The molecule has 0 spiro atoms. The van der Waals surface area contributed by atoms with Crippen molar-refractivity contribution in [1.29, 1.82) is 0 Å². The van der Waals surface area contributed by atoms with Gasteiger partial charge >= 0.3 is 0 Å². The summed E-state index contributed by atoms with van der Waals surface area (Å²) in [4.78, 5) is 14.2. The zero-order chi connectivity index (χ0) is 22.9. The van der Waals surface area contributed by atoms with Gasteiger partial charge in [0.2, 0.25) is 0 Å². The molecule has 1 amide bonds. The Morgan fingerprint density at radius 2 is 1.61 bits per heavy atom. The van der Waals surface area contributed by atoms with E-state index in [9.17, 15) is 4.79 Å². The van der Waals surface area contributed by atoms with Gasteiger partial charge in [-0.15, -0.1) is 15.0 Å². The van der Waals surface area contributed by atoms with Gasteiger partial charge in [-0.05, 0) is 67.3 Å². The Balaban J connectivity index is 1.41. The molecule has 7 heteroatoms. The number of nitrogens with zero attached hydrogens (tertiary/aromatic N) is 3. The number of hydrogen-bond acceptors (Lipinski definition) is 4. The molecule has 2 N–H and O–H groups in total. The summed E-state index contributed by atoms with van der Waals surface area (Å²) < 4.78 is 0. The van der Waals surface area contributed by atoms with Crippen LogP contribution in [0.1, 0.15) is 21.5 Å². The second-order valence-corrected chi connectivity index (χ2v) is 8.33. The first-order valence-corrected chi connectivity index (χ1v) is 10.9.